The van der Waals surface area contributed by atoms with Crippen molar-refractivity contribution >= 4 is 5.97 Å². The fraction of sp³-hybridized carbons (Fsp3) is 0.292. The molecule has 0 unspecified atom stereocenters. The second-order valence-corrected chi connectivity index (χ2v) is 7.21. The maximum atomic E-state index is 11.9. The van der Waals surface area contributed by atoms with Crippen LogP contribution in [-0.4, -0.2) is 55.1 Å². The second kappa shape index (κ2) is 9.54. The summed E-state index contributed by atoms with van der Waals surface area (Å²) in [5.74, 6) is -0.148. The summed E-state index contributed by atoms with van der Waals surface area (Å²) < 4.78 is 10.4. The fourth-order valence-electron chi connectivity index (χ4n) is 3.86. The highest BCUT2D eigenvalue weighted by molar-refractivity contribution is 5.86. The molecule has 0 spiro atoms. The highest BCUT2D eigenvalue weighted by atomic mass is 16.5. The number of carbonyl (C=O) groups excluding carboxylic acids is 1. The predicted molar refractivity (Wildman–Crippen MR) is 112 cm³/mol. The van der Waals surface area contributed by atoms with Crippen LogP contribution in [-0.2, 0) is 4.74 Å². The summed E-state index contributed by atoms with van der Waals surface area (Å²) in [6.07, 6.45) is 1.48. The zero-order chi connectivity index (χ0) is 19.9. The van der Waals surface area contributed by atoms with Gasteiger partial charge in [0.1, 0.15) is 6.61 Å². The van der Waals surface area contributed by atoms with Gasteiger partial charge in [0.15, 0.2) is 0 Å². The number of nitrogens with zero attached hydrogens (tertiary/aromatic N) is 2. The van der Waals surface area contributed by atoms with Crippen molar-refractivity contribution in [3.8, 4) is 0 Å². The number of rotatable bonds is 7. The highest BCUT2D eigenvalue weighted by Gasteiger charge is 2.26. The first-order valence-corrected chi connectivity index (χ1v) is 10.1. The molecule has 29 heavy (non-hydrogen) atoms. The van der Waals surface area contributed by atoms with Crippen LogP contribution in [0.2, 0.25) is 0 Å². The Morgan fingerprint density at radius 3 is 2.03 bits per heavy atom. The molecule has 150 valence electrons. The number of benzene rings is 2. The zero-order valence-corrected chi connectivity index (χ0v) is 16.4. The monoisotopic (exact) mass is 390 g/mol. The molecular weight excluding hydrogens is 364 g/mol. The molecule has 0 saturated carbocycles. The molecule has 5 nitrogen and oxygen atoms in total. The van der Waals surface area contributed by atoms with Crippen molar-refractivity contribution < 1.29 is 13.9 Å². The molecule has 1 aromatic heterocycles. The molecule has 4 rings (SSSR count). The van der Waals surface area contributed by atoms with Gasteiger partial charge < -0.3 is 9.15 Å². The molecule has 0 atom stereocenters. The third kappa shape index (κ3) is 4.94. The summed E-state index contributed by atoms with van der Waals surface area (Å²) in [5.41, 5.74) is 2.64. The number of piperazine rings is 1. The Bertz CT molecular complexity index is 834. The largest absolute Gasteiger partial charge is 0.458 e. The summed E-state index contributed by atoms with van der Waals surface area (Å²) in [5, 5.41) is 0. The third-order valence-corrected chi connectivity index (χ3v) is 5.37. The summed E-state index contributed by atoms with van der Waals surface area (Å²) in [7, 11) is 0. The molecule has 0 amide bonds. The summed E-state index contributed by atoms with van der Waals surface area (Å²) in [6.45, 7) is 4.96. The SMILES string of the molecule is O=C(OCCN1CCN(C(c2ccccc2)c2ccccc2)CC1)c1ccco1. The van der Waals surface area contributed by atoms with E-state index in [1.807, 2.05) is 0 Å². The van der Waals surface area contributed by atoms with Crippen LogP contribution in [0.3, 0.4) is 0 Å². The Balaban J connectivity index is 1.33. The smallest absolute Gasteiger partial charge is 0.374 e. The van der Waals surface area contributed by atoms with Crippen molar-refractivity contribution in [3.63, 3.8) is 0 Å². The Kier molecular flexibility index (Phi) is 6.39. The lowest BCUT2D eigenvalue weighted by Gasteiger charge is -2.39. The van der Waals surface area contributed by atoms with E-state index in [2.05, 4.69) is 70.5 Å². The lowest BCUT2D eigenvalue weighted by atomic mass is 9.96. The van der Waals surface area contributed by atoms with Gasteiger partial charge in [0, 0.05) is 32.7 Å². The number of hydrogen-bond acceptors (Lipinski definition) is 5. The number of carbonyl (C=O) groups is 1. The van der Waals surface area contributed by atoms with Crippen LogP contribution >= 0.6 is 0 Å². The molecular formula is C24H26N2O3. The quantitative estimate of drug-likeness (QED) is 0.574. The van der Waals surface area contributed by atoms with Gasteiger partial charge in [-0.25, -0.2) is 4.79 Å². The average molecular weight is 390 g/mol. The van der Waals surface area contributed by atoms with Gasteiger partial charge in [-0.05, 0) is 23.3 Å². The van der Waals surface area contributed by atoms with Gasteiger partial charge in [-0.1, -0.05) is 60.7 Å². The van der Waals surface area contributed by atoms with Gasteiger partial charge in [0.2, 0.25) is 5.76 Å². The Morgan fingerprint density at radius 2 is 1.48 bits per heavy atom. The first-order valence-electron chi connectivity index (χ1n) is 10.1. The van der Waals surface area contributed by atoms with E-state index in [0.29, 0.717) is 6.61 Å². The highest BCUT2D eigenvalue weighted by Crippen LogP contribution is 2.29. The zero-order valence-electron chi connectivity index (χ0n) is 16.4. The molecule has 1 saturated heterocycles. The standard InChI is InChI=1S/C24H26N2O3/c27-24(22-12-7-18-28-22)29-19-17-25-13-15-26(16-14-25)23(20-8-3-1-4-9-20)21-10-5-2-6-11-21/h1-12,18,23H,13-17,19H2. The van der Waals surface area contributed by atoms with Gasteiger partial charge in [-0.2, -0.15) is 0 Å². The molecule has 2 heterocycles. The van der Waals surface area contributed by atoms with E-state index in [9.17, 15) is 4.79 Å². The number of ether oxygens (including phenoxy) is 1. The average Bonchev–Trinajstić information content (AvgIpc) is 3.32. The van der Waals surface area contributed by atoms with Crippen molar-refractivity contribution in [1.82, 2.24) is 9.80 Å². The fourth-order valence-corrected chi connectivity index (χ4v) is 3.86. The minimum absolute atomic E-state index is 0.253. The molecule has 1 aliphatic rings. The Labute approximate surface area is 171 Å². The van der Waals surface area contributed by atoms with Gasteiger partial charge in [0.25, 0.3) is 0 Å². The van der Waals surface area contributed by atoms with E-state index in [4.69, 9.17) is 9.15 Å². The van der Waals surface area contributed by atoms with Gasteiger partial charge in [-0.3, -0.25) is 9.80 Å². The first kappa shape index (κ1) is 19.4. The summed E-state index contributed by atoms with van der Waals surface area (Å²) >= 11 is 0. The van der Waals surface area contributed by atoms with Crippen LogP contribution in [0.4, 0.5) is 0 Å². The third-order valence-electron chi connectivity index (χ3n) is 5.37. The number of esters is 1. The minimum Gasteiger partial charge on any atom is -0.458 e. The maximum absolute atomic E-state index is 11.9. The van der Waals surface area contributed by atoms with E-state index in [-0.39, 0.29) is 11.8 Å². The molecule has 1 aliphatic heterocycles. The Hall–Kier alpha value is -2.89. The molecule has 0 bridgehead atoms. The summed E-state index contributed by atoms with van der Waals surface area (Å²) in [6, 6.07) is 24.9. The molecule has 1 fully saturated rings. The molecule has 2 aromatic carbocycles. The van der Waals surface area contributed by atoms with Crippen molar-refractivity contribution in [2.45, 2.75) is 6.04 Å². The normalized spacial score (nSPS) is 15.5. The number of furan rings is 1. The van der Waals surface area contributed by atoms with E-state index < -0.39 is 5.97 Å². The van der Waals surface area contributed by atoms with Crippen LogP contribution in [0, 0.1) is 0 Å². The molecule has 0 N–H and O–H groups in total. The van der Waals surface area contributed by atoms with E-state index in [1.165, 1.54) is 17.4 Å². The summed E-state index contributed by atoms with van der Waals surface area (Å²) in [4.78, 5) is 16.7. The molecule has 0 aliphatic carbocycles. The number of hydrogen-bond donors (Lipinski definition) is 0. The van der Waals surface area contributed by atoms with Crippen molar-refractivity contribution in [3.05, 3.63) is 95.9 Å². The van der Waals surface area contributed by atoms with Crippen LogP contribution in [0.5, 0.6) is 0 Å². The predicted octanol–water partition coefficient (Wildman–Crippen LogP) is 3.84. The van der Waals surface area contributed by atoms with Crippen LogP contribution in [0.15, 0.2) is 83.5 Å². The van der Waals surface area contributed by atoms with Crippen LogP contribution in [0.25, 0.3) is 0 Å². The molecule has 0 radical (unpaired) electrons. The van der Waals surface area contributed by atoms with Crippen molar-refractivity contribution in [2.75, 3.05) is 39.3 Å². The van der Waals surface area contributed by atoms with E-state index >= 15 is 0 Å². The topological polar surface area (TPSA) is 45.9 Å². The maximum Gasteiger partial charge on any atom is 0.374 e. The van der Waals surface area contributed by atoms with E-state index in [1.54, 1.807) is 12.1 Å². The molecule has 5 heteroatoms. The first-order chi connectivity index (χ1) is 14.3. The van der Waals surface area contributed by atoms with E-state index in [0.717, 1.165) is 32.7 Å². The lowest BCUT2D eigenvalue weighted by Crippen LogP contribution is -2.48. The minimum atomic E-state index is -0.401. The van der Waals surface area contributed by atoms with Gasteiger partial charge in [0.05, 0.1) is 12.3 Å². The van der Waals surface area contributed by atoms with Crippen molar-refractivity contribution in [2.24, 2.45) is 0 Å². The lowest BCUT2D eigenvalue weighted by molar-refractivity contribution is 0.0375. The Morgan fingerprint density at radius 1 is 0.862 bits per heavy atom. The second-order valence-electron chi connectivity index (χ2n) is 7.21. The van der Waals surface area contributed by atoms with Crippen molar-refractivity contribution in [1.29, 1.82) is 0 Å². The van der Waals surface area contributed by atoms with Crippen LogP contribution in [0.1, 0.15) is 27.7 Å². The molecule has 3 aromatic rings. The van der Waals surface area contributed by atoms with Crippen LogP contribution < -0.4 is 0 Å². The van der Waals surface area contributed by atoms with Gasteiger partial charge in [-0.15, -0.1) is 0 Å². The van der Waals surface area contributed by atoms with Gasteiger partial charge >= 0.3 is 5.97 Å².